The van der Waals surface area contributed by atoms with E-state index in [1.807, 2.05) is 40.6 Å². The molecule has 3 aromatic rings. The van der Waals surface area contributed by atoms with Crippen molar-refractivity contribution >= 4 is 46.3 Å². The molecule has 1 amide bonds. The van der Waals surface area contributed by atoms with Gasteiger partial charge >= 0.3 is 0 Å². The Morgan fingerprint density at radius 3 is 2.46 bits per heavy atom. The first-order valence-corrected chi connectivity index (χ1v) is 11.4. The van der Waals surface area contributed by atoms with Gasteiger partial charge in [0, 0.05) is 47.8 Å². The third-order valence-corrected chi connectivity index (χ3v) is 6.95. The Kier molecular flexibility index (Phi) is 6.20. The molecule has 2 heterocycles. The summed E-state index contributed by atoms with van der Waals surface area (Å²) in [6.07, 6.45) is 0. The van der Waals surface area contributed by atoms with Gasteiger partial charge in [-0.05, 0) is 24.3 Å². The number of para-hydroxylation sites is 1. The first-order valence-electron chi connectivity index (χ1n) is 9.11. The highest BCUT2D eigenvalue weighted by Crippen LogP contribution is 2.29. The van der Waals surface area contributed by atoms with Crippen molar-refractivity contribution in [3.05, 3.63) is 65.0 Å². The van der Waals surface area contributed by atoms with Crippen molar-refractivity contribution in [2.24, 2.45) is 0 Å². The number of nitrogens with zero attached hydrogens (tertiary/aromatic N) is 3. The van der Waals surface area contributed by atoms with Crippen LogP contribution in [-0.2, 0) is 4.79 Å². The van der Waals surface area contributed by atoms with Gasteiger partial charge in [-0.15, -0.1) is 11.3 Å². The number of benzene rings is 2. The molecule has 144 valence electrons. The van der Waals surface area contributed by atoms with Gasteiger partial charge in [0.15, 0.2) is 4.34 Å². The van der Waals surface area contributed by atoms with Gasteiger partial charge in [0.2, 0.25) is 5.91 Å². The van der Waals surface area contributed by atoms with Crippen LogP contribution in [0.3, 0.4) is 0 Å². The molecule has 7 heteroatoms. The summed E-state index contributed by atoms with van der Waals surface area (Å²) < 4.78 is 0.918. The fourth-order valence-electron chi connectivity index (χ4n) is 3.14. The van der Waals surface area contributed by atoms with E-state index in [4.69, 9.17) is 11.6 Å². The lowest BCUT2D eigenvalue weighted by molar-refractivity contribution is -0.128. The van der Waals surface area contributed by atoms with Gasteiger partial charge in [0.25, 0.3) is 0 Å². The number of carbonyl (C=O) groups is 1. The monoisotopic (exact) mass is 429 g/mol. The molecule has 1 fully saturated rings. The summed E-state index contributed by atoms with van der Waals surface area (Å²) in [5.41, 5.74) is 3.19. The number of halogens is 1. The lowest BCUT2D eigenvalue weighted by Gasteiger charge is -2.36. The Morgan fingerprint density at radius 1 is 1.04 bits per heavy atom. The van der Waals surface area contributed by atoms with E-state index in [1.54, 1.807) is 11.3 Å². The molecule has 4 nitrogen and oxygen atoms in total. The molecule has 1 aliphatic rings. The number of hydrogen-bond acceptors (Lipinski definition) is 5. The molecule has 0 radical (unpaired) electrons. The molecule has 28 heavy (non-hydrogen) atoms. The molecule has 4 rings (SSSR count). The van der Waals surface area contributed by atoms with E-state index in [2.05, 4.69) is 34.1 Å². The van der Waals surface area contributed by atoms with Gasteiger partial charge in [0.05, 0.1) is 11.4 Å². The molecule has 0 bridgehead atoms. The maximum atomic E-state index is 12.6. The van der Waals surface area contributed by atoms with E-state index < -0.39 is 0 Å². The van der Waals surface area contributed by atoms with Crippen LogP contribution in [0.4, 0.5) is 5.69 Å². The molecule has 1 saturated heterocycles. The lowest BCUT2D eigenvalue weighted by atomic mass is 10.2. The van der Waals surface area contributed by atoms with Crippen molar-refractivity contribution in [3.63, 3.8) is 0 Å². The van der Waals surface area contributed by atoms with Crippen LogP contribution < -0.4 is 4.90 Å². The molecule has 1 aromatic heterocycles. The number of carbonyl (C=O) groups excluding carboxylic acids is 1. The SMILES string of the molecule is O=C(CSc1nc(-c2ccc(Cl)cc2)cs1)N1CCN(c2ccccc2)CC1. The highest BCUT2D eigenvalue weighted by atomic mass is 35.5. The Morgan fingerprint density at radius 2 is 1.75 bits per heavy atom. The number of hydrogen-bond donors (Lipinski definition) is 0. The molecule has 0 unspecified atom stereocenters. The first kappa shape index (κ1) is 19.3. The normalized spacial score (nSPS) is 14.3. The molecule has 0 aliphatic carbocycles. The largest absolute Gasteiger partial charge is 0.368 e. The summed E-state index contributed by atoms with van der Waals surface area (Å²) in [7, 11) is 0. The molecule has 0 atom stereocenters. The number of rotatable bonds is 5. The van der Waals surface area contributed by atoms with Gasteiger partial charge in [0.1, 0.15) is 0 Å². The van der Waals surface area contributed by atoms with E-state index in [0.717, 1.165) is 41.8 Å². The second kappa shape index (κ2) is 8.99. The topological polar surface area (TPSA) is 36.4 Å². The average molecular weight is 430 g/mol. The number of thiazole rings is 1. The molecule has 2 aromatic carbocycles. The third-order valence-electron chi connectivity index (χ3n) is 4.70. The zero-order valence-electron chi connectivity index (χ0n) is 15.3. The van der Waals surface area contributed by atoms with Crippen LogP contribution in [0.5, 0.6) is 0 Å². The van der Waals surface area contributed by atoms with Crippen molar-refractivity contribution in [1.29, 1.82) is 0 Å². The summed E-state index contributed by atoms with van der Waals surface area (Å²) in [6.45, 7) is 3.28. The van der Waals surface area contributed by atoms with Crippen molar-refractivity contribution in [1.82, 2.24) is 9.88 Å². The van der Waals surface area contributed by atoms with Gasteiger partial charge < -0.3 is 9.80 Å². The van der Waals surface area contributed by atoms with Crippen molar-refractivity contribution < 1.29 is 4.79 Å². The van der Waals surface area contributed by atoms with E-state index in [1.165, 1.54) is 17.4 Å². The fraction of sp³-hybridized carbons (Fsp3) is 0.238. The Hall–Kier alpha value is -2.02. The maximum absolute atomic E-state index is 12.6. The van der Waals surface area contributed by atoms with Gasteiger partial charge in [-0.1, -0.05) is 53.7 Å². The van der Waals surface area contributed by atoms with E-state index in [-0.39, 0.29) is 5.91 Å². The first-order chi connectivity index (χ1) is 13.7. The van der Waals surface area contributed by atoms with Crippen LogP contribution in [0, 0.1) is 0 Å². The fourth-order valence-corrected chi connectivity index (χ4v) is 5.01. The summed E-state index contributed by atoms with van der Waals surface area (Å²) in [5, 5.41) is 2.74. The Labute approximate surface area is 178 Å². The summed E-state index contributed by atoms with van der Waals surface area (Å²) in [6, 6.07) is 18.0. The standard InChI is InChI=1S/C21H20ClN3OS2/c22-17-8-6-16(7-9-17)19-14-27-21(23-19)28-15-20(26)25-12-10-24(11-13-25)18-4-2-1-3-5-18/h1-9,14H,10-13,15H2. The van der Waals surface area contributed by atoms with Gasteiger partial charge in [-0.3, -0.25) is 4.79 Å². The van der Waals surface area contributed by atoms with Gasteiger partial charge in [-0.2, -0.15) is 0 Å². The summed E-state index contributed by atoms with van der Waals surface area (Å²) >= 11 is 9.03. The van der Waals surface area contributed by atoms with Crippen molar-refractivity contribution in [2.45, 2.75) is 4.34 Å². The molecular weight excluding hydrogens is 410 g/mol. The second-order valence-corrected chi connectivity index (χ2v) is 9.01. The Bertz CT molecular complexity index is 922. The smallest absolute Gasteiger partial charge is 0.233 e. The average Bonchev–Trinajstić information content (AvgIpc) is 3.22. The van der Waals surface area contributed by atoms with Crippen LogP contribution in [0.15, 0.2) is 64.3 Å². The zero-order chi connectivity index (χ0) is 19.3. The van der Waals surface area contributed by atoms with E-state index in [0.29, 0.717) is 10.8 Å². The van der Waals surface area contributed by atoms with Crippen LogP contribution in [0.25, 0.3) is 11.3 Å². The van der Waals surface area contributed by atoms with Crippen LogP contribution >= 0.6 is 34.7 Å². The molecule has 0 spiro atoms. The predicted octanol–water partition coefficient (Wildman–Crippen LogP) is 4.90. The minimum absolute atomic E-state index is 0.181. The maximum Gasteiger partial charge on any atom is 0.233 e. The quantitative estimate of drug-likeness (QED) is 0.540. The highest BCUT2D eigenvalue weighted by molar-refractivity contribution is 8.01. The van der Waals surface area contributed by atoms with Crippen LogP contribution in [-0.4, -0.2) is 47.7 Å². The molecular formula is C21H20ClN3OS2. The van der Waals surface area contributed by atoms with Crippen LogP contribution in [0.1, 0.15) is 0 Å². The van der Waals surface area contributed by atoms with E-state index >= 15 is 0 Å². The number of piperazine rings is 1. The van der Waals surface area contributed by atoms with Crippen molar-refractivity contribution in [3.8, 4) is 11.3 Å². The minimum atomic E-state index is 0.181. The number of amides is 1. The van der Waals surface area contributed by atoms with Crippen molar-refractivity contribution in [2.75, 3.05) is 36.8 Å². The van der Waals surface area contributed by atoms with Crippen LogP contribution in [0.2, 0.25) is 5.02 Å². The second-order valence-electron chi connectivity index (χ2n) is 6.50. The molecule has 0 saturated carbocycles. The van der Waals surface area contributed by atoms with E-state index in [9.17, 15) is 4.79 Å². The predicted molar refractivity (Wildman–Crippen MR) is 119 cm³/mol. The minimum Gasteiger partial charge on any atom is -0.368 e. The number of thioether (sulfide) groups is 1. The lowest BCUT2D eigenvalue weighted by Crippen LogP contribution is -2.49. The summed E-state index contributed by atoms with van der Waals surface area (Å²) in [4.78, 5) is 21.5. The Balaban J connectivity index is 1.28. The van der Waals surface area contributed by atoms with Gasteiger partial charge in [-0.25, -0.2) is 4.98 Å². The third kappa shape index (κ3) is 4.69. The number of anilines is 1. The highest BCUT2D eigenvalue weighted by Gasteiger charge is 2.21. The molecule has 0 N–H and O–H groups in total. The number of aromatic nitrogens is 1. The zero-order valence-corrected chi connectivity index (χ0v) is 17.6. The molecule has 1 aliphatic heterocycles. The summed E-state index contributed by atoms with van der Waals surface area (Å²) in [5.74, 6) is 0.611.